The van der Waals surface area contributed by atoms with Crippen molar-refractivity contribution in [2.24, 2.45) is 0 Å². The van der Waals surface area contributed by atoms with Gasteiger partial charge in [0.15, 0.2) is 0 Å². The van der Waals surface area contributed by atoms with Crippen molar-refractivity contribution in [1.82, 2.24) is 10.2 Å². The third kappa shape index (κ3) is 7.70. The SMILES string of the molecule is CC[C@H](C(=O)NC1CCCCC1)N(Cc1ccccc1Cl)C(=O)CN(c1cccc(Br)c1)S(C)(=O)=O. The number of amides is 2. The summed E-state index contributed by atoms with van der Waals surface area (Å²) in [6.45, 7) is 1.50. The van der Waals surface area contributed by atoms with E-state index < -0.39 is 28.5 Å². The van der Waals surface area contributed by atoms with Gasteiger partial charge in [0, 0.05) is 22.1 Å². The lowest BCUT2D eigenvalue weighted by molar-refractivity contribution is -0.140. The molecule has 1 aliphatic rings. The van der Waals surface area contributed by atoms with Gasteiger partial charge in [-0.3, -0.25) is 13.9 Å². The molecular weight excluding hydrogens is 566 g/mol. The Morgan fingerprint density at radius 1 is 1.11 bits per heavy atom. The highest BCUT2D eigenvalue weighted by Gasteiger charge is 2.33. The second-order valence-corrected chi connectivity index (χ2v) is 12.4. The summed E-state index contributed by atoms with van der Waals surface area (Å²) in [5.41, 5.74) is 1.04. The predicted molar refractivity (Wildman–Crippen MR) is 147 cm³/mol. The minimum absolute atomic E-state index is 0.0885. The molecule has 0 heterocycles. The van der Waals surface area contributed by atoms with Crippen molar-refractivity contribution >= 4 is 55.1 Å². The molecule has 1 saturated carbocycles. The Kier molecular flexibility index (Phi) is 10.2. The first-order valence-corrected chi connectivity index (χ1v) is 15.2. The monoisotopic (exact) mass is 597 g/mol. The Morgan fingerprint density at radius 2 is 1.81 bits per heavy atom. The maximum atomic E-state index is 13.8. The Balaban J connectivity index is 1.92. The fraction of sp³-hybridized carbons (Fsp3) is 0.462. The molecule has 2 aromatic rings. The summed E-state index contributed by atoms with van der Waals surface area (Å²) in [7, 11) is -3.78. The lowest BCUT2D eigenvalue weighted by Crippen LogP contribution is -2.54. The fourth-order valence-corrected chi connectivity index (χ4v) is 5.94. The molecule has 3 rings (SSSR count). The highest BCUT2D eigenvalue weighted by atomic mass is 79.9. The summed E-state index contributed by atoms with van der Waals surface area (Å²) in [5.74, 6) is -0.705. The average Bonchev–Trinajstić information content (AvgIpc) is 2.83. The van der Waals surface area contributed by atoms with Gasteiger partial charge in [-0.25, -0.2) is 8.42 Å². The van der Waals surface area contributed by atoms with Gasteiger partial charge < -0.3 is 10.2 Å². The van der Waals surface area contributed by atoms with E-state index in [4.69, 9.17) is 11.6 Å². The van der Waals surface area contributed by atoms with E-state index >= 15 is 0 Å². The number of sulfonamides is 1. The fourth-order valence-electron chi connectivity index (χ4n) is 4.52. The Hall–Kier alpha value is -2.10. The molecule has 1 atom stereocenters. The van der Waals surface area contributed by atoms with E-state index in [1.54, 1.807) is 42.5 Å². The number of hydrogen-bond donors (Lipinski definition) is 1. The van der Waals surface area contributed by atoms with Crippen molar-refractivity contribution in [2.75, 3.05) is 17.1 Å². The van der Waals surface area contributed by atoms with E-state index in [2.05, 4.69) is 21.2 Å². The van der Waals surface area contributed by atoms with Crippen LogP contribution >= 0.6 is 27.5 Å². The molecule has 1 fully saturated rings. The topological polar surface area (TPSA) is 86.8 Å². The maximum absolute atomic E-state index is 13.8. The molecule has 0 bridgehead atoms. The van der Waals surface area contributed by atoms with Crippen LogP contribution in [-0.4, -0.2) is 50.0 Å². The summed E-state index contributed by atoms with van der Waals surface area (Å²) < 4.78 is 27.1. The summed E-state index contributed by atoms with van der Waals surface area (Å²) in [6.07, 6.45) is 6.59. The molecule has 0 spiro atoms. The highest BCUT2D eigenvalue weighted by Crippen LogP contribution is 2.25. The molecule has 2 aromatic carbocycles. The van der Waals surface area contributed by atoms with Crippen molar-refractivity contribution in [1.29, 1.82) is 0 Å². The molecule has 196 valence electrons. The summed E-state index contributed by atoms with van der Waals surface area (Å²) in [4.78, 5) is 28.6. The largest absolute Gasteiger partial charge is 0.352 e. The van der Waals surface area contributed by atoms with E-state index in [-0.39, 0.29) is 18.5 Å². The quantitative estimate of drug-likeness (QED) is 0.411. The highest BCUT2D eigenvalue weighted by molar-refractivity contribution is 9.10. The molecule has 7 nitrogen and oxygen atoms in total. The second-order valence-electron chi connectivity index (χ2n) is 9.13. The van der Waals surface area contributed by atoms with Gasteiger partial charge >= 0.3 is 0 Å². The van der Waals surface area contributed by atoms with Gasteiger partial charge in [-0.15, -0.1) is 0 Å². The smallest absolute Gasteiger partial charge is 0.244 e. The predicted octanol–water partition coefficient (Wildman–Crippen LogP) is 5.12. The van der Waals surface area contributed by atoms with Crippen LogP contribution in [0.1, 0.15) is 51.0 Å². The number of carbonyl (C=O) groups excluding carboxylic acids is 2. The van der Waals surface area contributed by atoms with Crippen molar-refractivity contribution in [3.63, 3.8) is 0 Å². The number of halogens is 2. The third-order valence-corrected chi connectivity index (χ3v) is 8.41. The number of nitrogens with zero attached hydrogens (tertiary/aromatic N) is 2. The van der Waals surface area contributed by atoms with Crippen LogP contribution in [0.4, 0.5) is 5.69 Å². The number of anilines is 1. The van der Waals surface area contributed by atoms with E-state index in [1.807, 2.05) is 13.0 Å². The van der Waals surface area contributed by atoms with Gasteiger partial charge in [0.25, 0.3) is 0 Å². The molecule has 0 aliphatic heterocycles. The molecule has 0 saturated heterocycles. The van der Waals surface area contributed by atoms with Crippen molar-refractivity contribution < 1.29 is 18.0 Å². The first-order chi connectivity index (χ1) is 17.1. The van der Waals surface area contributed by atoms with Crippen LogP contribution in [0, 0.1) is 0 Å². The minimum atomic E-state index is -3.78. The first-order valence-electron chi connectivity index (χ1n) is 12.2. The van der Waals surface area contributed by atoms with Crippen molar-refractivity contribution in [2.45, 2.75) is 64.1 Å². The molecule has 0 radical (unpaired) electrons. The average molecular weight is 599 g/mol. The van der Waals surface area contributed by atoms with Gasteiger partial charge in [-0.05, 0) is 49.1 Å². The lowest BCUT2D eigenvalue weighted by atomic mass is 9.95. The normalized spacial score (nSPS) is 15.2. The van der Waals surface area contributed by atoms with Crippen LogP contribution < -0.4 is 9.62 Å². The van der Waals surface area contributed by atoms with Crippen LogP contribution in [0.5, 0.6) is 0 Å². The van der Waals surface area contributed by atoms with Gasteiger partial charge in [-0.1, -0.05) is 78.0 Å². The number of hydrogen-bond acceptors (Lipinski definition) is 4. The second kappa shape index (κ2) is 12.9. The lowest BCUT2D eigenvalue weighted by Gasteiger charge is -2.34. The maximum Gasteiger partial charge on any atom is 0.244 e. The van der Waals surface area contributed by atoms with Crippen LogP contribution in [0.25, 0.3) is 0 Å². The first kappa shape index (κ1) is 28.5. The molecule has 0 aromatic heterocycles. The van der Waals surface area contributed by atoms with Gasteiger partial charge in [0.1, 0.15) is 12.6 Å². The third-order valence-electron chi connectivity index (χ3n) is 6.41. The van der Waals surface area contributed by atoms with Gasteiger partial charge in [0.05, 0.1) is 11.9 Å². The van der Waals surface area contributed by atoms with E-state index in [1.165, 1.54) is 4.90 Å². The Labute approximate surface area is 227 Å². The standard InChI is InChI=1S/C26H33BrClN3O4S/c1-3-24(26(33)29-21-12-5-4-6-13-21)30(17-19-10-7-8-15-23(19)28)25(32)18-31(36(2,34)35)22-14-9-11-20(27)16-22/h7-11,14-16,21,24H,3-6,12-13,17-18H2,1-2H3,(H,29,33)/t24-/m1/s1. The Bertz CT molecular complexity index is 1170. The summed E-state index contributed by atoms with van der Waals surface area (Å²) in [6, 6.07) is 13.2. The van der Waals surface area contributed by atoms with E-state index in [0.29, 0.717) is 27.2 Å². The molecule has 2 amide bonds. The molecule has 1 N–H and O–H groups in total. The summed E-state index contributed by atoms with van der Waals surface area (Å²) in [5, 5.41) is 3.60. The molecule has 0 unspecified atom stereocenters. The van der Waals surface area contributed by atoms with Crippen LogP contribution in [0.15, 0.2) is 53.0 Å². The number of rotatable bonds is 10. The van der Waals surface area contributed by atoms with Crippen LogP contribution in [0.3, 0.4) is 0 Å². The number of carbonyl (C=O) groups is 2. The molecule has 36 heavy (non-hydrogen) atoms. The zero-order valence-electron chi connectivity index (χ0n) is 20.6. The van der Waals surface area contributed by atoms with Crippen molar-refractivity contribution in [3.05, 3.63) is 63.6 Å². The zero-order chi connectivity index (χ0) is 26.3. The van der Waals surface area contributed by atoms with Gasteiger partial charge in [0.2, 0.25) is 21.8 Å². The Morgan fingerprint density at radius 3 is 2.42 bits per heavy atom. The van der Waals surface area contributed by atoms with E-state index in [9.17, 15) is 18.0 Å². The molecular formula is C26H33BrClN3O4S. The minimum Gasteiger partial charge on any atom is -0.352 e. The van der Waals surface area contributed by atoms with Crippen molar-refractivity contribution in [3.8, 4) is 0 Å². The van der Waals surface area contributed by atoms with E-state index in [0.717, 1.165) is 42.7 Å². The number of nitrogens with one attached hydrogen (secondary N) is 1. The van der Waals surface area contributed by atoms with Gasteiger partial charge in [-0.2, -0.15) is 0 Å². The zero-order valence-corrected chi connectivity index (χ0v) is 23.8. The molecule has 1 aliphatic carbocycles. The van der Waals surface area contributed by atoms with Crippen LogP contribution in [-0.2, 0) is 26.2 Å². The van der Waals surface area contributed by atoms with Crippen LogP contribution in [0.2, 0.25) is 5.02 Å². The molecule has 10 heteroatoms. The summed E-state index contributed by atoms with van der Waals surface area (Å²) >= 11 is 9.76. The number of benzene rings is 2.